The van der Waals surface area contributed by atoms with Gasteiger partial charge >= 0.3 is 0 Å². The van der Waals surface area contributed by atoms with Gasteiger partial charge in [-0.3, -0.25) is 4.90 Å². The molecule has 5 heteroatoms. The molecule has 0 N–H and O–H groups in total. The molecule has 0 unspecified atom stereocenters. The van der Waals surface area contributed by atoms with Crippen molar-refractivity contribution in [2.75, 3.05) is 9.80 Å². The largest absolute Gasteiger partial charge is 0.457 e. The second-order valence-corrected chi connectivity index (χ2v) is 13.0. The second kappa shape index (κ2) is 14.0. The first-order valence-electron chi connectivity index (χ1n) is 17.8. The van der Waals surface area contributed by atoms with Crippen LogP contribution in [0.2, 0.25) is 0 Å². The third-order valence-electron chi connectivity index (χ3n) is 9.64. The lowest BCUT2D eigenvalue weighted by atomic mass is 9.90. The molecule has 0 atom stereocenters. The predicted molar refractivity (Wildman–Crippen MR) is 223 cm³/mol. The number of hydrogen-bond acceptors (Lipinski definition) is 5. The Balaban J connectivity index is 1.07. The van der Waals surface area contributed by atoms with Crippen LogP contribution in [-0.2, 0) is 0 Å². The molecular formula is C49H35N3O2. The summed E-state index contributed by atoms with van der Waals surface area (Å²) in [5.74, 6) is 3.41. The number of pyridine rings is 1. The van der Waals surface area contributed by atoms with Gasteiger partial charge in [-0.15, -0.1) is 0 Å². The van der Waals surface area contributed by atoms with Gasteiger partial charge in [0.05, 0.1) is 5.69 Å². The molecule has 258 valence electrons. The number of hydrogen-bond donors (Lipinski definition) is 0. The number of anilines is 6. The van der Waals surface area contributed by atoms with Crippen molar-refractivity contribution in [2.24, 2.45) is 0 Å². The number of nitrogens with zero attached hydrogens (tertiary/aromatic N) is 3. The average Bonchev–Trinajstić information content (AvgIpc) is 3.22. The van der Waals surface area contributed by atoms with Crippen molar-refractivity contribution >= 4 is 56.9 Å². The molecule has 5 nitrogen and oxygen atoms in total. The fourth-order valence-electron chi connectivity index (χ4n) is 7.19. The van der Waals surface area contributed by atoms with E-state index in [9.17, 15) is 0 Å². The predicted octanol–water partition coefficient (Wildman–Crippen LogP) is 13.6. The highest BCUT2D eigenvalue weighted by Gasteiger charge is 2.27. The summed E-state index contributed by atoms with van der Waals surface area (Å²) in [6, 6.07) is 59.9. The van der Waals surface area contributed by atoms with Crippen LogP contribution in [0.1, 0.15) is 11.1 Å². The maximum atomic E-state index is 6.68. The molecule has 0 aliphatic carbocycles. The highest BCUT2D eigenvalue weighted by molar-refractivity contribution is 5.93. The van der Waals surface area contributed by atoms with Crippen LogP contribution in [0.4, 0.5) is 34.3 Å². The number of rotatable bonds is 9. The molecule has 54 heavy (non-hydrogen) atoms. The average molecular weight is 698 g/mol. The van der Waals surface area contributed by atoms with Crippen LogP contribution in [-0.4, -0.2) is 4.98 Å². The monoisotopic (exact) mass is 697 g/mol. The van der Waals surface area contributed by atoms with Gasteiger partial charge in [0.25, 0.3) is 0 Å². The molecule has 7 aromatic carbocycles. The number of para-hydroxylation sites is 2. The zero-order chi connectivity index (χ0) is 36.4. The molecule has 2 heterocycles. The van der Waals surface area contributed by atoms with E-state index in [-0.39, 0.29) is 0 Å². The van der Waals surface area contributed by atoms with Gasteiger partial charge in [-0.2, -0.15) is 0 Å². The first-order valence-corrected chi connectivity index (χ1v) is 17.8. The zero-order valence-corrected chi connectivity index (χ0v) is 29.5. The van der Waals surface area contributed by atoms with Crippen LogP contribution in [0.3, 0.4) is 0 Å². The molecule has 0 spiro atoms. The summed E-state index contributed by atoms with van der Waals surface area (Å²) in [5.41, 5.74) is 8.62. The van der Waals surface area contributed by atoms with E-state index in [2.05, 4.69) is 137 Å². The summed E-state index contributed by atoms with van der Waals surface area (Å²) < 4.78 is 13.2. The first kappa shape index (κ1) is 32.5. The fourth-order valence-corrected chi connectivity index (χ4v) is 7.19. The smallest absolute Gasteiger partial charge is 0.137 e. The van der Waals surface area contributed by atoms with E-state index in [1.54, 1.807) is 6.20 Å². The van der Waals surface area contributed by atoms with Crippen molar-refractivity contribution in [3.63, 3.8) is 0 Å². The van der Waals surface area contributed by atoms with E-state index in [0.29, 0.717) is 23.0 Å². The van der Waals surface area contributed by atoms with Gasteiger partial charge in [-0.25, -0.2) is 4.98 Å². The summed E-state index contributed by atoms with van der Waals surface area (Å²) in [5, 5.41) is 2.37. The van der Waals surface area contributed by atoms with Gasteiger partial charge in [0.1, 0.15) is 28.8 Å². The molecule has 0 saturated carbocycles. The van der Waals surface area contributed by atoms with Crippen LogP contribution in [0.5, 0.6) is 17.2 Å². The quantitative estimate of drug-likeness (QED) is 0.150. The Morgan fingerprint density at radius 1 is 0.537 bits per heavy atom. The van der Waals surface area contributed by atoms with E-state index in [4.69, 9.17) is 9.47 Å². The van der Waals surface area contributed by atoms with Gasteiger partial charge < -0.3 is 14.4 Å². The van der Waals surface area contributed by atoms with Gasteiger partial charge in [0.2, 0.25) is 0 Å². The minimum Gasteiger partial charge on any atom is -0.457 e. The zero-order valence-electron chi connectivity index (χ0n) is 29.5. The SMILES string of the molecule is C=Cc1c(Oc2cccc(N(c3ccccc3)c3ccc4ccccc4c3)c2)ccc2c1C(=C)Oc1cc(N(c3ccccc3)c3ccccn3)ccc1-2. The van der Waals surface area contributed by atoms with Crippen molar-refractivity contribution in [2.45, 2.75) is 0 Å². The summed E-state index contributed by atoms with van der Waals surface area (Å²) in [6.07, 6.45) is 3.62. The van der Waals surface area contributed by atoms with E-state index >= 15 is 0 Å². The molecule has 1 aliphatic rings. The molecule has 0 fully saturated rings. The number of benzene rings is 7. The van der Waals surface area contributed by atoms with Crippen LogP contribution < -0.4 is 19.3 Å². The molecule has 0 saturated heterocycles. The third kappa shape index (κ3) is 6.04. The van der Waals surface area contributed by atoms with E-state index < -0.39 is 0 Å². The lowest BCUT2D eigenvalue weighted by Gasteiger charge is -2.28. The van der Waals surface area contributed by atoms with Crippen LogP contribution in [0.25, 0.3) is 33.7 Å². The van der Waals surface area contributed by atoms with Gasteiger partial charge in [-0.1, -0.05) is 98.1 Å². The standard InChI is InChI=1S/C49H35N3O2/c1-3-43-46(54-42-22-14-21-39(32-42)51(37-17-6-4-7-18-37)40-25-24-35-15-10-11-16-36(35)31-40)29-28-45-44-27-26-41(33-47(44)53-34(2)49(43)45)52(38-19-8-5-9-20-38)48-23-12-13-30-50-48/h3-33H,1-2H2. The number of fused-ring (bicyclic) bond motifs is 4. The summed E-state index contributed by atoms with van der Waals surface area (Å²) in [6.45, 7) is 8.56. The Morgan fingerprint density at radius 3 is 1.94 bits per heavy atom. The molecule has 0 bridgehead atoms. The molecule has 0 radical (unpaired) electrons. The lowest BCUT2D eigenvalue weighted by molar-refractivity contribution is 0.478. The molecule has 1 aromatic heterocycles. The van der Waals surface area contributed by atoms with Gasteiger partial charge in [0, 0.05) is 57.8 Å². The van der Waals surface area contributed by atoms with Gasteiger partial charge in [-0.05, 0) is 101 Å². The lowest BCUT2D eigenvalue weighted by Crippen LogP contribution is -2.12. The normalized spacial score (nSPS) is 11.6. The topological polar surface area (TPSA) is 37.8 Å². The Hall–Kier alpha value is -7.37. The van der Waals surface area contributed by atoms with Crippen molar-refractivity contribution < 1.29 is 9.47 Å². The van der Waals surface area contributed by atoms with Crippen LogP contribution in [0, 0.1) is 0 Å². The highest BCUT2D eigenvalue weighted by Crippen LogP contribution is 2.49. The van der Waals surface area contributed by atoms with Crippen molar-refractivity contribution in [1.29, 1.82) is 0 Å². The minimum absolute atomic E-state index is 0.527. The van der Waals surface area contributed by atoms with Gasteiger partial charge in [0.15, 0.2) is 0 Å². The summed E-state index contributed by atoms with van der Waals surface area (Å²) >= 11 is 0. The second-order valence-electron chi connectivity index (χ2n) is 13.0. The Labute approximate surface area is 314 Å². The maximum absolute atomic E-state index is 6.68. The van der Waals surface area contributed by atoms with Crippen LogP contribution in [0.15, 0.2) is 195 Å². The molecule has 0 amide bonds. The van der Waals surface area contributed by atoms with E-state index in [1.807, 2.05) is 72.8 Å². The molecular weight excluding hydrogens is 663 g/mol. The summed E-state index contributed by atoms with van der Waals surface area (Å²) in [7, 11) is 0. The maximum Gasteiger partial charge on any atom is 0.137 e. The van der Waals surface area contributed by atoms with E-state index in [0.717, 1.165) is 56.5 Å². The summed E-state index contributed by atoms with van der Waals surface area (Å²) in [4.78, 5) is 9.01. The van der Waals surface area contributed by atoms with Crippen molar-refractivity contribution in [3.8, 4) is 28.4 Å². The Bertz CT molecular complexity index is 2620. The van der Waals surface area contributed by atoms with Crippen LogP contribution >= 0.6 is 0 Å². The first-order chi connectivity index (χ1) is 26.6. The Kier molecular flexibility index (Phi) is 8.42. The molecule has 1 aliphatic heterocycles. The van der Waals surface area contributed by atoms with Crippen molar-refractivity contribution in [1.82, 2.24) is 4.98 Å². The Morgan fingerprint density at radius 2 is 1.19 bits per heavy atom. The fraction of sp³-hybridized carbons (Fsp3) is 0. The molecule has 9 rings (SSSR count). The third-order valence-corrected chi connectivity index (χ3v) is 9.64. The van der Waals surface area contributed by atoms with Crippen molar-refractivity contribution in [3.05, 3.63) is 206 Å². The highest BCUT2D eigenvalue weighted by atomic mass is 16.5. The number of aromatic nitrogens is 1. The number of ether oxygens (including phenoxy) is 2. The van der Waals surface area contributed by atoms with E-state index in [1.165, 1.54) is 10.8 Å². The minimum atomic E-state index is 0.527. The molecule has 8 aromatic rings.